The van der Waals surface area contributed by atoms with Gasteiger partial charge in [-0.1, -0.05) is 12.1 Å². The van der Waals surface area contributed by atoms with E-state index in [0.29, 0.717) is 31.2 Å². The van der Waals surface area contributed by atoms with Crippen LogP contribution in [0.4, 0.5) is 20.2 Å². The number of anilines is 1. The van der Waals surface area contributed by atoms with Gasteiger partial charge < -0.3 is 25.8 Å². The van der Waals surface area contributed by atoms with Crippen LogP contribution in [0.25, 0.3) is 0 Å². The zero-order valence-electron chi connectivity index (χ0n) is 16.9. The molecule has 2 rings (SSSR count). The SMILES string of the molecule is CCNC(=NCC(O)c1ccc(OC(F)F)cc1)NCCNc1ccc([N+](=O)[O-])cc1. The van der Waals surface area contributed by atoms with Gasteiger partial charge in [-0.25, -0.2) is 0 Å². The van der Waals surface area contributed by atoms with E-state index < -0.39 is 17.6 Å². The molecular formula is C20H25F2N5O4. The Bertz CT molecular complexity index is 848. The first-order valence-corrected chi connectivity index (χ1v) is 9.62. The molecule has 0 saturated carbocycles. The van der Waals surface area contributed by atoms with Crippen LogP contribution in [0.5, 0.6) is 5.75 Å². The number of rotatable bonds is 11. The third-order valence-corrected chi connectivity index (χ3v) is 4.08. The van der Waals surface area contributed by atoms with Crippen LogP contribution in [0, 0.1) is 10.1 Å². The normalized spacial score (nSPS) is 12.4. The molecule has 0 saturated heterocycles. The second-order valence-electron chi connectivity index (χ2n) is 6.34. The number of hydrogen-bond acceptors (Lipinski definition) is 6. The molecule has 168 valence electrons. The Labute approximate surface area is 178 Å². The molecule has 2 aromatic rings. The zero-order chi connectivity index (χ0) is 22.6. The summed E-state index contributed by atoms with van der Waals surface area (Å²) in [6, 6.07) is 11.8. The highest BCUT2D eigenvalue weighted by Gasteiger charge is 2.10. The molecule has 1 atom stereocenters. The first-order chi connectivity index (χ1) is 14.9. The first kappa shape index (κ1) is 23.8. The number of aliphatic hydroxyl groups excluding tert-OH is 1. The van der Waals surface area contributed by atoms with Crippen LogP contribution in [-0.4, -0.2) is 48.8 Å². The van der Waals surface area contributed by atoms with Gasteiger partial charge in [-0.05, 0) is 36.8 Å². The molecule has 31 heavy (non-hydrogen) atoms. The number of guanidine groups is 1. The van der Waals surface area contributed by atoms with Crippen molar-refractivity contribution in [2.75, 3.05) is 31.5 Å². The summed E-state index contributed by atoms with van der Waals surface area (Å²) < 4.78 is 28.7. The molecule has 0 fully saturated rings. The van der Waals surface area contributed by atoms with Crippen LogP contribution >= 0.6 is 0 Å². The number of aliphatic hydroxyl groups is 1. The number of halogens is 2. The highest BCUT2D eigenvalue weighted by atomic mass is 19.3. The largest absolute Gasteiger partial charge is 0.435 e. The van der Waals surface area contributed by atoms with E-state index in [0.717, 1.165) is 5.69 Å². The summed E-state index contributed by atoms with van der Waals surface area (Å²) >= 11 is 0. The first-order valence-electron chi connectivity index (χ1n) is 9.62. The Hall–Kier alpha value is -3.47. The fourth-order valence-corrected chi connectivity index (χ4v) is 2.59. The maximum Gasteiger partial charge on any atom is 0.387 e. The van der Waals surface area contributed by atoms with Gasteiger partial charge in [0.2, 0.25) is 0 Å². The number of hydrogen-bond donors (Lipinski definition) is 4. The summed E-state index contributed by atoms with van der Waals surface area (Å²) in [6.45, 7) is 0.751. The molecule has 0 spiro atoms. The minimum absolute atomic E-state index is 0.0185. The Kier molecular flexibility index (Phi) is 9.43. The van der Waals surface area contributed by atoms with E-state index in [1.807, 2.05) is 6.92 Å². The van der Waals surface area contributed by atoms with Gasteiger partial charge in [0.05, 0.1) is 17.6 Å². The molecule has 2 aromatic carbocycles. The van der Waals surface area contributed by atoms with Gasteiger partial charge in [-0.15, -0.1) is 0 Å². The number of nitro groups is 1. The second-order valence-corrected chi connectivity index (χ2v) is 6.34. The van der Waals surface area contributed by atoms with Gasteiger partial charge in [-0.3, -0.25) is 15.1 Å². The number of nitrogens with zero attached hydrogens (tertiary/aromatic N) is 2. The monoisotopic (exact) mass is 437 g/mol. The summed E-state index contributed by atoms with van der Waals surface area (Å²) in [4.78, 5) is 14.5. The van der Waals surface area contributed by atoms with E-state index in [2.05, 4.69) is 25.7 Å². The third-order valence-electron chi connectivity index (χ3n) is 4.08. The van der Waals surface area contributed by atoms with Crippen molar-refractivity contribution < 1.29 is 23.5 Å². The van der Waals surface area contributed by atoms with E-state index in [-0.39, 0.29) is 18.0 Å². The van der Waals surface area contributed by atoms with Gasteiger partial charge in [0, 0.05) is 37.5 Å². The fourth-order valence-electron chi connectivity index (χ4n) is 2.59. The van der Waals surface area contributed by atoms with Crippen molar-refractivity contribution in [1.29, 1.82) is 0 Å². The van der Waals surface area contributed by atoms with Crippen molar-refractivity contribution in [3.05, 3.63) is 64.2 Å². The van der Waals surface area contributed by atoms with Crippen molar-refractivity contribution in [3.8, 4) is 5.75 Å². The number of aliphatic imine (C=N–C) groups is 1. The molecule has 0 aliphatic carbocycles. The minimum Gasteiger partial charge on any atom is -0.435 e. The average Bonchev–Trinajstić information content (AvgIpc) is 2.75. The predicted octanol–water partition coefficient (Wildman–Crippen LogP) is 2.90. The fraction of sp³-hybridized carbons (Fsp3) is 0.350. The third kappa shape index (κ3) is 8.42. The molecule has 0 heterocycles. The molecule has 9 nitrogen and oxygen atoms in total. The maximum absolute atomic E-state index is 12.2. The molecule has 11 heteroatoms. The summed E-state index contributed by atoms with van der Waals surface area (Å²) in [5.41, 5.74) is 1.31. The number of alkyl halides is 2. The highest BCUT2D eigenvalue weighted by molar-refractivity contribution is 5.79. The Morgan fingerprint density at radius 1 is 1.13 bits per heavy atom. The van der Waals surface area contributed by atoms with E-state index >= 15 is 0 Å². The number of benzene rings is 2. The summed E-state index contributed by atoms with van der Waals surface area (Å²) in [7, 11) is 0. The van der Waals surface area contributed by atoms with Gasteiger partial charge >= 0.3 is 6.61 Å². The van der Waals surface area contributed by atoms with Crippen molar-refractivity contribution >= 4 is 17.3 Å². The van der Waals surface area contributed by atoms with Crippen molar-refractivity contribution in [2.45, 2.75) is 19.6 Å². The highest BCUT2D eigenvalue weighted by Crippen LogP contribution is 2.19. The lowest BCUT2D eigenvalue weighted by Crippen LogP contribution is -2.39. The Morgan fingerprint density at radius 3 is 2.39 bits per heavy atom. The lowest BCUT2D eigenvalue weighted by Gasteiger charge is -2.14. The van der Waals surface area contributed by atoms with Crippen LogP contribution in [-0.2, 0) is 0 Å². The molecule has 0 aliphatic heterocycles. The maximum atomic E-state index is 12.2. The molecule has 0 amide bonds. The lowest BCUT2D eigenvalue weighted by molar-refractivity contribution is -0.384. The van der Waals surface area contributed by atoms with Crippen molar-refractivity contribution in [3.63, 3.8) is 0 Å². The van der Waals surface area contributed by atoms with E-state index in [1.54, 1.807) is 12.1 Å². The van der Waals surface area contributed by atoms with E-state index in [4.69, 9.17) is 0 Å². The molecule has 0 radical (unpaired) electrons. The van der Waals surface area contributed by atoms with Crippen LogP contribution in [0.15, 0.2) is 53.5 Å². The summed E-state index contributed by atoms with van der Waals surface area (Å²) in [5.74, 6) is 0.523. The summed E-state index contributed by atoms with van der Waals surface area (Å²) in [6.07, 6.45) is -0.908. The molecular weight excluding hydrogens is 412 g/mol. The number of non-ortho nitro benzene ring substituents is 1. The van der Waals surface area contributed by atoms with Crippen LogP contribution in [0.2, 0.25) is 0 Å². The summed E-state index contributed by atoms with van der Waals surface area (Å²) in [5, 5.41) is 30.3. The second kappa shape index (κ2) is 12.3. The van der Waals surface area contributed by atoms with Crippen LogP contribution in [0.1, 0.15) is 18.6 Å². The predicted molar refractivity (Wildman–Crippen MR) is 114 cm³/mol. The quantitative estimate of drug-likeness (QED) is 0.140. The Balaban J connectivity index is 1.81. The average molecular weight is 437 g/mol. The molecule has 1 unspecified atom stereocenters. The molecule has 0 aromatic heterocycles. The van der Waals surface area contributed by atoms with Crippen LogP contribution < -0.4 is 20.7 Å². The smallest absolute Gasteiger partial charge is 0.387 e. The number of nitrogens with one attached hydrogen (secondary N) is 3. The van der Waals surface area contributed by atoms with E-state index in [1.165, 1.54) is 36.4 Å². The molecule has 4 N–H and O–H groups in total. The Morgan fingerprint density at radius 2 is 1.81 bits per heavy atom. The number of ether oxygens (including phenoxy) is 1. The van der Waals surface area contributed by atoms with Crippen LogP contribution in [0.3, 0.4) is 0 Å². The van der Waals surface area contributed by atoms with Crippen molar-refractivity contribution in [2.24, 2.45) is 4.99 Å². The van der Waals surface area contributed by atoms with Gasteiger partial charge in [-0.2, -0.15) is 8.78 Å². The van der Waals surface area contributed by atoms with E-state index in [9.17, 15) is 24.0 Å². The molecule has 0 aliphatic rings. The lowest BCUT2D eigenvalue weighted by atomic mass is 10.1. The van der Waals surface area contributed by atoms with Gasteiger partial charge in [0.25, 0.3) is 5.69 Å². The minimum atomic E-state index is -2.90. The van der Waals surface area contributed by atoms with Gasteiger partial charge in [0.15, 0.2) is 5.96 Å². The van der Waals surface area contributed by atoms with Crippen molar-refractivity contribution in [1.82, 2.24) is 10.6 Å². The topological polar surface area (TPSA) is 121 Å². The zero-order valence-corrected chi connectivity index (χ0v) is 16.9. The molecule has 0 bridgehead atoms. The van der Waals surface area contributed by atoms with Gasteiger partial charge in [0.1, 0.15) is 5.75 Å². The standard InChI is InChI=1S/C20H25F2N5O4/c1-2-23-20(25-12-11-24-15-5-7-16(8-6-15)27(29)30)26-13-18(28)14-3-9-17(10-4-14)31-19(21)22/h3-10,18-19,24,28H,2,11-13H2,1H3,(H2,23,25,26). The number of nitro benzene ring substituents is 1.